The van der Waals surface area contributed by atoms with Crippen LogP contribution in [0.1, 0.15) is 61.9 Å². The molecule has 6 heteroatoms. The summed E-state index contributed by atoms with van der Waals surface area (Å²) in [6, 6.07) is 8.12. The first-order valence-corrected chi connectivity index (χ1v) is 11.2. The van der Waals surface area contributed by atoms with Crippen LogP contribution in [0.2, 0.25) is 0 Å². The molecule has 0 aliphatic heterocycles. The van der Waals surface area contributed by atoms with E-state index in [2.05, 4.69) is 57.2 Å². The van der Waals surface area contributed by atoms with E-state index in [1.165, 1.54) is 5.56 Å². The average molecular weight is 423 g/mol. The van der Waals surface area contributed by atoms with Crippen molar-refractivity contribution in [2.24, 2.45) is 5.92 Å². The van der Waals surface area contributed by atoms with E-state index in [1.807, 2.05) is 19.1 Å². The van der Waals surface area contributed by atoms with E-state index in [-0.39, 0.29) is 0 Å². The summed E-state index contributed by atoms with van der Waals surface area (Å²) < 4.78 is 7.19. The lowest BCUT2D eigenvalue weighted by molar-refractivity contribution is 0.136. The fourth-order valence-corrected chi connectivity index (χ4v) is 3.93. The van der Waals surface area contributed by atoms with Gasteiger partial charge in [-0.1, -0.05) is 44.7 Å². The van der Waals surface area contributed by atoms with Crippen molar-refractivity contribution in [2.45, 2.75) is 67.2 Å². The van der Waals surface area contributed by atoms with Crippen molar-refractivity contribution in [1.82, 2.24) is 14.8 Å². The summed E-state index contributed by atoms with van der Waals surface area (Å²) in [6.07, 6.45) is 3.93. The summed E-state index contributed by atoms with van der Waals surface area (Å²) >= 11 is 0. The molecule has 0 saturated heterocycles. The molecule has 31 heavy (non-hydrogen) atoms. The van der Waals surface area contributed by atoms with Crippen molar-refractivity contribution >= 4 is 22.8 Å². The van der Waals surface area contributed by atoms with Crippen LogP contribution < -0.4 is 5.32 Å². The number of unbranched alkanes of at least 4 members (excludes halogenated alkanes) is 1. The zero-order valence-corrected chi connectivity index (χ0v) is 19.6. The third kappa shape index (κ3) is 5.43. The van der Waals surface area contributed by atoms with Crippen LogP contribution in [0.25, 0.3) is 16.7 Å². The Morgan fingerprint density at radius 2 is 1.87 bits per heavy atom. The van der Waals surface area contributed by atoms with Gasteiger partial charge in [-0.25, -0.2) is 9.78 Å². The van der Waals surface area contributed by atoms with Gasteiger partial charge in [-0.15, -0.1) is 0 Å². The van der Waals surface area contributed by atoms with E-state index in [0.717, 1.165) is 53.4 Å². The Balaban J connectivity index is 1.83. The zero-order chi connectivity index (χ0) is 22.5. The van der Waals surface area contributed by atoms with Gasteiger partial charge in [-0.3, -0.25) is 5.32 Å². The Morgan fingerprint density at radius 3 is 2.58 bits per heavy atom. The van der Waals surface area contributed by atoms with Crippen LogP contribution in [0.5, 0.6) is 0 Å². The van der Waals surface area contributed by atoms with Crippen LogP contribution in [0.4, 0.5) is 10.6 Å². The number of hydrogen-bond acceptors (Lipinski definition) is 4. The standard InChI is InChI=1S/C25H34N4O2/c1-7-9-10-20(8-2)15-31-25(30)27-23-14-19(6)28-29(23)22-13-17(4)21-12-16(3)11-18(5)24(21)26-22/h11-14,20H,7-10,15H2,1-6H3,(H,27,30). The Labute approximate surface area is 185 Å². The van der Waals surface area contributed by atoms with Gasteiger partial charge in [-0.2, -0.15) is 9.78 Å². The monoisotopic (exact) mass is 422 g/mol. The quantitative estimate of drug-likeness (QED) is 0.455. The zero-order valence-electron chi connectivity index (χ0n) is 19.6. The smallest absolute Gasteiger partial charge is 0.412 e. The molecule has 1 amide bonds. The number of carbonyl (C=O) groups is 1. The van der Waals surface area contributed by atoms with E-state index in [1.54, 1.807) is 4.68 Å². The summed E-state index contributed by atoms with van der Waals surface area (Å²) in [5, 5.41) is 8.56. The van der Waals surface area contributed by atoms with Crippen LogP contribution >= 0.6 is 0 Å². The molecule has 0 bridgehead atoms. The minimum Gasteiger partial charge on any atom is -0.449 e. The second kappa shape index (κ2) is 9.94. The lowest BCUT2D eigenvalue weighted by Gasteiger charge is -2.15. The number of fused-ring (bicyclic) bond motifs is 1. The Bertz CT molecular complexity index is 1070. The molecule has 2 heterocycles. The predicted molar refractivity (Wildman–Crippen MR) is 126 cm³/mol. The Kier molecular flexibility index (Phi) is 7.31. The molecule has 0 aliphatic rings. The number of hydrogen-bond donors (Lipinski definition) is 1. The van der Waals surface area contributed by atoms with Crippen molar-refractivity contribution in [1.29, 1.82) is 0 Å². The van der Waals surface area contributed by atoms with Gasteiger partial charge < -0.3 is 4.74 Å². The second-order valence-corrected chi connectivity index (χ2v) is 8.50. The number of aromatic nitrogens is 3. The number of amides is 1. The highest BCUT2D eigenvalue weighted by Crippen LogP contribution is 2.26. The molecule has 6 nitrogen and oxygen atoms in total. The summed E-state index contributed by atoms with van der Waals surface area (Å²) in [7, 11) is 0. The molecule has 166 valence electrons. The van der Waals surface area contributed by atoms with Gasteiger partial charge in [0.2, 0.25) is 0 Å². The number of nitrogens with one attached hydrogen (secondary N) is 1. The van der Waals surface area contributed by atoms with Crippen LogP contribution in [-0.4, -0.2) is 27.5 Å². The minimum atomic E-state index is -0.458. The summed E-state index contributed by atoms with van der Waals surface area (Å²) in [4.78, 5) is 17.3. The fraction of sp³-hybridized carbons (Fsp3) is 0.480. The van der Waals surface area contributed by atoms with Crippen molar-refractivity contribution in [2.75, 3.05) is 11.9 Å². The Hall–Kier alpha value is -2.89. The van der Waals surface area contributed by atoms with Gasteiger partial charge in [0.1, 0.15) is 5.82 Å². The molecule has 0 saturated carbocycles. The van der Waals surface area contributed by atoms with E-state index in [4.69, 9.17) is 9.72 Å². The first-order chi connectivity index (χ1) is 14.8. The van der Waals surface area contributed by atoms with Crippen LogP contribution in [0, 0.1) is 33.6 Å². The molecule has 1 atom stereocenters. The summed E-state index contributed by atoms with van der Waals surface area (Å²) in [6.45, 7) is 12.9. The van der Waals surface area contributed by atoms with Gasteiger partial charge in [-0.05, 0) is 63.3 Å². The third-order valence-electron chi connectivity index (χ3n) is 5.71. The second-order valence-electron chi connectivity index (χ2n) is 8.50. The van der Waals surface area contributed by atoms with E-state index in [9.17, 15) is 4.79 Å². The van der Waals surface area contributed by atoms with Crippen molar-refractivity contribution < 1.29 is 9.53 Å². The maximum Gasteiger partial charge on any atom is 0.412 e. The molecule has 0 aliphatic carbocycles. The number of benzene rings is 1. The number of rotatable bonds is 8. The number of pyridine rings is 1. The number of carbonyl (C=O) groups excluding carboxylic acids is 1. The average Bonchev–Trinajstić information content (AvgIpc) is 3.08. The van der Waals surface area contributed by atoms with Crippen LogP contribution in [0.3, 0.4) is 0 Å². The molecule has 0 spiro atoms. The molecular formula is C25H34N4O2. The number of anilines is 1. The number of nitrogens with zero attached hydrogens (tertiary/aromatic N) is 3. The number of ether oxygens (including phenoxy) is 1. The van der Waals surface area contributed by atoms with Gasteiger partial charge in [0.15, 0.2) is 5.82 Å². The molecule has 1 unspecified atom stereocenters. The van der Waals surface area contributed by atoms with Gasteiger partial charge in [0.25, 0.3) is 0 Å². The first kappa shape index (κ1) is 22.8. The lowest BCUT2D eigenvalue weighted by atomic mass is 10.0. The fourth-order valence-electron chi connectivity index (χ4n) is 3.93. The molecule has 0 fully saturated rings. The van der Waals surface area contributed by atoms with Crippen molar-refractivity contribution in [3.63, 3.8) is 0 Å². The maximum atomic E-state index is 12.5. The highest BCUT2D eigenvalue weighted by Gasteiger charge is 2.16. The SMILES string of the molecule is CCCCC(CC)COC(=O)Nc1cc(C)nn1-c1cc(C)c2cc(C)cc(C)c2n1. The molecular weight excluding hydrogens is 388 g/mol. The van der Waals surface area contributed by atoms with E-state index < -0.39 is 6.09 Å². The Morgan fingerprint density at radius 1 is 1.10 bits per heavy atom. The van der Waals surface area contributed by atoms with Gasteiger partial charge >= 0.3 is 6.09 Å². The van der Waals surface area contributed by atoms with Gasteiger partial charge in [0.05, 0.1) is 17.8 Å². The first-order valence-electron chi connectivity index (χ1n) is 11.2. The van der Waals surface area contributed by atoms with Crippen LogP contribution in [-0.2, 0) is 4.74 Å². The predicted octanol–water partition coefficient (Wildman–Crippen LogP) is 6.42. The topological polar surface area (TPSA) is 69.0 Å². The van der Waals surface area contributed by atoms with Crippen molar-refractivity contribution in [3.05, 3.63) is 46.6 Å². The summed E-state index contributed by atoms with van der Waals surface area (Å²) in [5.41, 5.74) is 5.20. The highest BCUT2D eigenvalue weighted by molar-refractivity contribution is 5.87. The molecule has 0 radical (unpaired) electrons. The minimum absolute atomic E-state index is 0.397. The molecule has 3 aromatic rings. The van der Waals surface area contributed by atoms with Crippen LogP contribution in [0.15, 0.2) is 24.3 Å². The maximum absolute atomic E-state index is 12.5. The molecule has 1 aromatic carbocycles. The summed E-state index contributed by atoms with van der Waals surface area (Å²) in [5.74, 6) is 1.63. The van der Waals surface area contributed by atoms with Crippen molar-refractivity contribution in [3.8, 4) is 5.82 Å². The number of aryl methyl sites for hydroxylation is 4. The molecule has 1 N–H and O–H groups in total. The molecule has 3 rings (SSSR count). The largest absolute Gasteiger partial charge is 0.449 e. The van der Waals surface area contributed by atoms with E-state index in [0.29, 0.717) is 24.2 Å². The molecule has 2 aromatic heterocycles. The highest BCUT2D eigenvalue weighted by atomic mass is 16.5. The lowest BCUT2D eigenvalue weighted by Crippen LogP contribution is -2.20. The normalized spacial score (nSPS) is 12.2. The van der Waals surface area contributed by atoms with Gasteiger partial charge in [0, 0.05) is 11.5 Å². The van der Waals surface area contributed by atoms with E-state index >= 15 is 0 Å². The third-order valence-corrected chi connectivity index (χ3v) is 5.71.